The van der Waals surface area contributed by atoms with Crippen molar-refractivity contribution in [3.63, 3.8) is 0 Å². The highest BCUT2D eigenvalue weighted by atomic mass is 32.2. The van der Waals surface area contributed by atoms with Crippen molar-refractivity contribution in [2.24, 2.45) is 5.92 Å². The van der Waals surface area contributed by atoms with Gasteiger partial charge in [0.1, 0.15) is 0 Å². The third-order valence-electron chi connectivity index (χ3n) is 2.99. The highest BCUT2D eigenvalue weighted by Crippen LogP contribution is 2.31. The second-order valence-corrected chi connectivity index (χ2v) is 7.02. The molecular formula is C13H17NO3S2. The molecule has 2 rings (SSSR count). The number of carbonyl (C=O) groups is 2. The Morgan fingerprint density at radius 3 is 3.00 bits per heavy atom. The number of thioether (sulfide) groups is 1. The minimum atomic E-state index is -0.828. The maximum absolute atomic E-state index is 12.0. The highest BCUT2D eigenvalue weighted by molar-refractivity contribution is 7.98. The van der Waals surface area contributed by atoms with Crippen molar-refractivity contribution in [1.82, 2.24) is 5.32 Å². The summed E-state index contributed by atoms with van der Waals surface area (Å²) in [7, 11) is 0. The summed E-state index contributed by atoms with van der Waals surface area (Å²) >= 11 is 3.46. The van der Waals surface area contributed by atoms with Crippen molar-refractivity contribution in [3.05, 3.63) is 21.4 Å². The van der Waals surface area contributed by atoms with E-state index in [0.717, 1.165) is 22.8 Å². The number of carboxylic acids is 1. The molecule has 4 nitrogen and oxygen atoms in total. The van der Waals surface area contributed by atoms with Crippen LogP contribution in [-0.4, -0.2) is 29.3 Å². The average Bonchev–Trinajstić information content (AvgIpc) is 2.78. The molecule has 0 saturated carbocycles. The van der Waals surface area contributed by atoms with E-state index < -0.39 is 5.97 Å². The molecule has 2 N–H and O–H groups in total. The Balaban J connectivity index is 1.89. The van der Waals surface area contributed by atoms with Crippen molar-refractivity contribution in [3.8, 4) is 0 Å². The first-order valence-electron chi connectivity index (χ1n) is 6.25. The second kappa shape index (κ2) is 6.43. The number of hydrogen-bond acceptors (Lipinski definition) is 4. The summed E-state index contributed by atoms with van der Waals surface area (Å²) in [5.41, 5.74) is 1.28. The normalized spacial score (nSPS) is 15.6. The van der Waals surface area contributed by atoms with Crippen molar-refractivity contribution >= 4 is 35.0 Å². The smallest absolute Gasteiger partial charge is 0.303 e. The summed E-state index contributed by atoms with van der Waals surface area (Å²) in [6.45, 7) is 2.23. The average molecular weight is 299 g/mol. The van der Waals surface area contributed by atoms with Crippen LogP contribution < -0.4 is 5.32 Å². The Bertz CT molecular complexity index is 461. The van der Waals surface area contributed by atoms with Gasteiger partial charge in [0.2, 0.25) is 0 Å². The number of aliphatic carboxylic acids is 1. The summed E-state index contributed by atoms with van der Waals surface area (Å²) in [6.07, 6.45) is 1.13. The number of nitrogens with one attached hydrogen (secondary N) is 1. The van der Waals surface area contributed by atoms with Crippen LogP contribution in [0.1, 0.15) is 33.5 Å². The van der Waals surface area contributed by atoms with Crippen LogP contribution in [-0.2, 0) is 17.0 Å². The highest BCUT2D eigenvalue weighted by Gasteiger charge is 2.18. The van der Waals surface area contributed by atoms with E-state index in [9.17, 15) is 9.59 Å². The molecule has 1 atom stereocenters. The molecule has 0 radical (unpaired) electrons. The standard InChI is InChI=1S/C13H17NO3S2/c1-8(4-12(15)16)6-14-13(17)11-5-9-7-18-3-2-10(9)19-11/h5,8H,2-4,6-7H2,1H3,(H,14,17)(H,15,16). The molecule has 104 valence electrons. The molecule has 1 aromatic heterocycles. The van der Waals surface area contributed by atoms with Crippen LogP contribution in [0.3, 0.4) is 0 Å². The fourth-order valence-corrected chi connectivity index (χ4v) is 4.27. The van der Waals surface area contributed by atoms with E-state index in [1.54, 1.807) is 11.3 Å². The zero-order valence-electron chi connectivity index (χ0n) is 10.8. The predicted molar refractivity (Wildman–Crippen MR) is 77.9 cm³/mol. The van der Waals surface area contributed by atoms with Gasteiger partial charge in [0.15, 0.2) is 0 Å². The van der Waals surface area contributed by atoms with Gasteiger partial charge < -0.3 is 10.4 Å². The summed E-state index contributed by atoms with van der Waals surface area (Å²) in [6, 6.07) is 1.98. The van der Waals surface area contributed by atoms with Gasteiger partial charge in [-0.3, -0.25) is 9.59 Å². The number of rotatable bonds is 5. The minimum absolute atomic E-state index is 0.0495. The van der Waals surface area contributed by atoms with Crippen molar-refractivity contribution in [1.29, 1.82) is 0 Å². The minimum Gasteiger partial charge on any atom is -0.481 e. The molecule has 1 aliphatic rings. The second-order valence-electron chi connectivity index (χ2n) is 4.77. The van der Waals surface area contributed by atoms with Gasteiger partial charge in [-0.2, -0.15) is 11.8 Å². The molecular weight excluding hydrogens is 282 g/mol. The van der Waals surface area contributed by atoms with Gasteiger partial charge in [0.05, 0.1) is 4.88 Å². The monoisotopic (exact) mass is 299 g/mol. The zero-order valence-corrected chi connectivity index (χ0v) is 12.4. The van der Waals surface area contributed by atoms with Crippen LogP contribution in [0.5, 0.6) is 0 Å². The van der Waals surface area contributed by atoms with Crippen LogP contribution >= 0.6 is 23.1 Å². The molecule has 6 heteroatoms. The Labute approximate surface area is 120 Å². The molecule has 0 bridgehead atoms. The fourth-order valence-electron chi connectivity index (χ4n) is 1.98. The Morgan fingerprint density at radius 2 is 2.32 bits per heavy atom. The number of aryl methyl sites for hydroxylation is 1. The predicted octanol–water partition coefficient (Wildman–Crippen LogP) is 2.38. The van der Waals surface area contributed by atoms with Crippen LogP contribution in [0.2, 0.25) is 0 Å². The van der Waals surface area contributed by atoms with Gasteiger partial charge in [-0.25, -0.2) is 0 Å². The first kappa shape index (κ1) is 14.4. The quantitative estimate of drug-likeness (QED) is 0.876. The van der Waals surface area contributed by atoms with Gasteiger partial charge in [-0.1, -0.05) is 6.92 Å². The molecule has 0 aromatic carbocycles. The first-order chi connectivity index (χ1) is 9.06. The van der Waals surface area contributed by atoms with Crippen molar-refractivity contribution in [2.45, 2.75) is 25.5 Å². The molecule has 19 heavy (non-hydrogen) atoms. The van der Waals surface area contributed by atoms with Gasteiger partial charge >= 0.3 is 5.97 Å². The maximum Gasteiger partial charge on any atom is 0.303 e. The lowest BCUT2D eigenvalue weighted by atomic mass is 10.1. The number of hydrogen-bond donors (Lipinski definition) is 2. The molecule has 2 heterocycles. The summed E-state index contributed by atoms with van der Waals surface area (Å²) in [5, 5.41) is 11.5. The van der Waals surface area contributed by atoms with Crippen molar-refractivity contribution in [2.75, 3.05) is 12.3 Å². The molecule has 0 fully saturated rings. The molecule has 1 unspecified atom stereocenters. The lowest BCUT2D eigenvalue weighted by Crippen LogP contribution is -2.28. The summed E-state index contributed by atoms with van der Waals surface area (Å²) in [5.74, 6) is 1.16. The maximum atomic E-state index is 12.0. The Morgan fingerprint density at radius 1 is 1.53 bits per heavy atom. The molecule has 1 aromatic rings. The third kappa shape index (κ3) is 3.98. The lowest BCUT2D eigenvalue weighted by Gasteiger charge is -2.09. The first-order valence-corrected chi connectivity index (χ1v) is 8.22. The number of carboxylic acid groups (broad SMARTS) is 1. The molecule has 0 spiro atoms. The zero-order chi connectivity index (χ0) is 13.8. The van der Waals surface area contributed by atoms with Crippen molar-refractivity contribution < 1.29 is 14.7 Å². The van der Waals surface area contributed by atoms with Gasteiger partial charge in [0.25, 0.3) is 5.91 Å². The number of fused-ring (bicyclic) bond motifs is 1. The van der Waals surface area contributed by atoms with E-state index in [2.05, 4.69) is 5.32 Å². The number of thiophene rings is 1. The fraction of sp³-hybridized carbons (Fsp3) is 0.538. The van der Waals surface area contributed by atoms with E-state index in [0.29, 0.717) is 6.54 Å². The van der Waals surface area contributed by atoms with Crippen LogP contribution in [0.25, 0.3) is 0 Å². The number of amides is 1. The number of carbonyl (C=O) groups excluding carboxylic acids is 1. The largest absolute Gasteiger partial charge is 0.481 e. The molecule has 1 amide bonds. The van der Waals surface area contributed by atoms with E-state index in [-0.39, 0.29) is 18.2 Å². The van der Waals surface area contributed by atoms with Gasteiger partial charge in [-0.05, 0) is 29.7 Å². The van der Waals surface area contributed by atoms with Crippen LogP contribution in [0.15, 0.2) is 6.07 Å². The van der Waals surface area contributed by atoms with E-state index in [4.69, 9.17) is 5.11 Å². The molecule has 0 aliphatic carbocycles. The van der Waals surface area contributed by atoms with Crippen LogP contribution in [0, 0.1) is 5.92 Å². The molecule has 0 saturated heterocycles. The third-order valence-corrected chi connectivity index (χ3v) is 5.23. The summed E-state index contributed by atoms with van der Waals surface area (Å²) in [4.78, 5) is 24.6. The SMILES string of the molecule is CC(CNC(=O)c1cc2c(s1)CCSC2)CC(=O)O. The summed E-state index contributed by atoms with van der Waals surface area (Å²) < 4.78 is 0. The van der Waals surface area contributed by atoms with Gasteiger partial charge in [-0.15, -0.1) is 11.3 Å². The Hall–Kier alpha value is -1.01. The van der Waals surface area contributed by atoms with E-state index in [1.807, 2.05) is 24.8 Å². The van der Waals surface area contributed by atoms with E-state index >= 15 is 0 Å². The Kier molecular flexibility index (Phi) is 4.87. The van der Waals surface area contributed by atoms with Gasteiger partial charge in [0, 0.05) is 23.6 Å². The van der Waals surface area contributed by atoms with E-state index in [1.165, 1.54) is 10.4 Å². The lowest BCUT2D eigenvalue weighted by molar-refractivity contribution is -0.137. The molecule has 1 aliphatic heterocycles. The van der Waals surface area contributed by atoms with Crippen LogP contribution in [0.4, 0.5) is 0 Å². The topological polar surface area (TPSA) is 66.4 Å².